The molecule has 0 heterocycles. The van der Waals surface area contributed by atoms with Crippen LogP contribution in [-0.2, 0) is 9.53 Å². The van der Waals surface area contributed by atoms with Crippen molar-refractivity contribution in [1.82, 2.24) is 0 Å². The highest BCUT2D eigenvalue weighted by atomic mass is 16.5. The van der Waals surface area contributed by atoms with Crippen LogP contribution in [0.4, 0.5) is 0 Å². The summed E-state index contributed by atoms with van der Waals surface area (Å²) in [4.78, 5) is 22.7. The number of hydrogen-bond acceptors (Lipinski definition) is 5. The van der Waals surface area contributed by atoms with Gasteiger partial charge in [-0.05, 0) is 12.0 Å². The van der Waals surface area contributed by atoms with Crippen molar-refractivity contribution in [1.29, 1.82) is 5.26 Å². The minimum Gasteiger partial charge on any atom is -0.507 e. The van der Waals surface area contributed by atoms with Crippen LogP contribution in [0.1, 0.15) is 29.8 Å². The number of nitriles is 1. The Kier molecular flexibility index (Phi) is 5.49. The standard InChI is InChI=1S/C15H15NO5/c1-9(2)8-21-13(18)6-10(7-16)11-4-3-5-12(17)14(11)15(19)20/h3-6,9,17H,8H2,1-2H3,(H,19,20). The monoisotopic (exact) mass is 289 g/mol. The first kappa shape index (κ1) is 16.2. The quantitative estimate of drug-likeness (QED) is 0.488. The van der Waals surface area contributed by atoms with Crippen LogP contribution in [0.2, 0.25) is 0 Å². The topological polar surface area (TPSA) is 108 Å². The summed E-state index contributed by atoms with van der Waals surface area (Å²) in [5, 5.41) is 27.8. The Balaban J connectivity index is 3.18. The molecule has 0 fully saturated rings. The summed E-state index contributed by atoms with van der Waals surface area (Å²) in [6.45, 7) is 3.92. The molecule has 0 saturated carbocycles. The van der Waals surface area contributed by atoms with E-state index in [1.807, 2.05) is 13.8 Å². The maximum atomic E-state index is 11.6. The second-order valence-corrected chi connectivity index (χ2v) is 4.70. The number of carboxylic acids is 1. The number of allylic oxidation sites excluding steroid dienone is 1. The van der Waals surface area contributed by atoms with E-state index in [1.54, 1.807) is 6.07 Å². The highest BCUT2D eigenvalue weighted by Crippen LogP contribution is 2.26. The van der Waals surface area contributed by atoms with Gasteiger partial charge in [0.15, 0.2) is 0 Å². The number of phenols is 1. The van der Waals surface area contributed by atoms with Crippen LogP contribution in [0, 0.1) is 17.2 Å². The molecule has 0 saturated heterocycles. The van der Waals surface area contributed by atoms with Gasteiger partial charge in [0.05, 0.1) is 12.2 Å². The van der Waals surface area contributed by atoms with E-state index >= 15 is 0 Å². The fraction of sp³-hybridized carbons (Fsp3) is 0.267. The van der Waals surface area contributed by atoms with Crippen LogP contribution < -0.4 is 0 Å². The smallest absolute Gasteiger partial charge is 0.340 e. The van der Waals surface area contributed by atoms with Gasteiger partial charge in [0.25, 0.3) is 0 Å². The van der Waals surface area contributed by atoms with E-state index in [9.17, 15) is 14.7 Å². The van der Waals surface area contributed by atoms with Crippen molar-refractivity contribution in [2.45, 2.75) is 13.8 Å². The summed E-state index contributed by atoms with van der Waals surface area (Å²) in [5.41, 5.74) is -0.648. The number of ether oxygens (including phenoxy) is 1. The minimum absolute atomic E-state index is 0.0357. The maximum Gasteiger partial charge on any atom is 0.340 e. The van der Waals surface area contributed by atoms with Gasteiger partial charge in [0.1, 0.15) is 17.4 Å². The van der Waals surface area contributed by atoms with Crippen molar-refractivity contribution in [3.8, 4) is 11.8 Å². The first-order valence-electron chi connectivity index (χ1n) is 6.21. The number of carbonyl (C=O) groups is 2. The molecule has 6 heteroatoms. The number of rotatable bonds is 5. The fourth-order valence-electron chi connectivity index (χ4n) is 1.57. The van der Waals surface area contributed by atoms with Crippen LogP contribution in [0.15, 0.2) is 24.3 Å². The molecular formula is C15H15NO5. The molecule has 0 aliphatic heterocycles. The number of aromatic carboxylic acids is 1. The molecule has 0 spiro atoms. The Hall–Kier alpha value is -2.81. The van der Waals surface area contributed by atoms with E-state index in [0.717, 1.165) is 6.08 Å². The molecule has 0 unspecified atom stereocenters. The van der Waals surface area contributed by atoms with Gasteiger partial charge in [0, 0.05) is 11.6 Å². The highest BCUT2D eigenvalue weighted by molar-refractivity contribution is 6.02. The maximum absolute atomic E-state index is 11.6. The summed E-state index contributed by atoms with van der Waals surface area (Å²) in [6.07, 6.45) is 0.920. The van der Waals surface area contributed by atoms with E-state index in [4.69, 9.17) is 15.1 Å². The van der Waals surface area contributed by atoms with E-state index < -0.39 is 23.3 Å². The number of esters is 1. The van der Waals surface area contributed by atoms with Crippen molar-refractivity contribution in [2.24, 2.45) is 5.92 Å². The molecule has 1 rings (SSSR count). The fourth-order valence-corrected chi connectivity index (χ4v) is 1.57. The molecule has 0 bridgehead atoms. The van der Waals surface area contributed by atoms with Crippen molar-refractivity contribution in [3.63, 3.8) is 0 Å². The van der Waals surface area contributed by atoms with Gasteiger partial charge in [-0.15, -0.1) is 0 Å². The zero-order valence-corrected chi connectivity index (χ0v) is 11.7. The molecule has 1 aromatic rings. The summed E-state index contributed by atoms with van der Waals surface area (Å²) < 4.78 is 4.91. The van der Waals surface area contributed by atoms with Crippen molar-refractivity contribution >= 4 is 17.5 Å². The Labute approximate surface area is 121 Å². The van der Waals surface area contributed by atoms with Gasteiger partial charge in [-0.2, -0.15) is 5.26 Å². The van der Waals surface area contributed by atoms with Crippen LogP contribution >= 0.6 is 0 Å². The number of hydrogen-bond donors (Lipinski definition) is 2. The van der Waals surface area contributed by atoms with Crippen LogP contribution in [0.5, 0.6) is 5.75 Å². The Bertz CT molecular complexity index is 625. The lowest BCUT2D eigenvalue weighted by Crippen LogP contribution is -2.08. The van der Waals surface area contributed by atoms with Crippen molar-refractivity contribution in [3.05, 3.63) is 35.4 Å². The molecule has 0 amide bonds. The normalized spacial score (nSPS) is 11.0. The molecule has 0 aromatic heterocycles. The third-order valence-corrected chi connectivity index (χ3v) is 2.49. The lowest BCUT2D eigenvalue weighted by molar-refractivity contribution is -0.138. The third kappa shape index (κ3) is 4.35. The average molecular weight is 289 g/mol. The van der Waals surface area contributed by atoms with Crippen LogP contribution in [0.3, 0.4) is 0 Å². The van der Waals surface area contributed by atoms with Gasteiger partial charge < -0.3 is 14.9 Å². The number of benzene rings is 1. The molecule has 2 N–H and O–H groups in total. The molecule has 6 nitrogen and oxygen atoms in total. The first-order chi connectivity index (χ1) is 9.86. The molecule has 0 aliphatic carbocycles. The molecule has 0 atom stereocenters. The van der Waals surface area contributed by atoms with Crippen molar-refractivity contribution < 1.29 is 24.5 Å². The SMILES string of the molecule is CC(C)COC(=O)C=C(C#N)c1cccc(O)c1C(=O)O. The van der Waals surface area contributed by atoms with Gasteiger partial charge in [-0.1, -0.05) is 26.0 Å². The zero-order valence-electron chi connectivity index (χ0n) is 11.7. The summed E-state index contributed by atoms with van der Waals surface area (Å²) in [7, 11) is 0. The number of aromatic hydroxyl groups is 1. The third-order valence-electron chi connectivity index (χ3n) is 2.49. The van der Waals surface area contributed by atoms with E-state index in [1.165, 1.54) is 18.2 Å². The van der Waals surface area contributed by atoms with E-state index in [2.05, 4.69) is 0 Å². The Morgan fingerprint density at radius 1 is 1.43 bits per heavy atom. The highest BCUT2D eigenvalue weighted by Gasteiger charge is 2.18. The summed E-state index contributed by atoms with van der Waals surface area (Å²) >= 11 is 0. The lowest BCUT2D eigenvalue weighted by atomic mass is 9.99. The predicted molar refractivity (Wildman–Crippen MR) is 74.5 cm³/mol. The van der Waals surface area contributed by atoms with Crippen LogP contribution in [-0.4, -0.2) is 28.8 Å². The molecular weight excluding hydrogens is 274 g/mol. The van der Waals surface area contributed by atoms with Gasteiger partial charge in [-0.25, -0.2) is 9.59 Å². The number of nitrogens with zero attached hydrogens (tertiary/aromatic N) is 1. The zero-order chi connectivity index (χ0) is 16.0. The van der Waals surface area contributed by atoms with Gasteiger partial charge >= 0.3 is 11.9 Å². The summed E-state index contributed by atoms with van der Waals surface area (Å²) in [6, 6.07) is 5.67. The largest absolute Gasteiger partial charge is 0.507 e. The first-order valence-corrected chi connectivity index (χ1v) is 6.21. The van der Waals surface area contributed by atoms with Crippen molar-refractivity contribution in [2.75, 3.05) is 6.61 Å². The lowest BCUT2D eigenvalue weighted by Gasteiger charge is -2.07. The molecule has 0 radical (unpaired) electrons. The second kappa shape index (κ2) is 7.10. The molecule has 110 valence electrons. The molecule has 0 aliphatic rings. The predicted octanol–water partition coefficient (Wildman–Crippen LogP) is 2.20. The Morgan fingerprint density at radius 3 is 2.62 bits per heavy atom. The van der Waals surface area contributed by atoms with Crippen LogP contribution in [0.25, 0.3) is 5.57 Å². The molecule has 21 heavy (non-hydrogen) atoms. The Morgan fingerprint density at radius 2 is 2.10 bits per heavy atom. The van der Waals surface area contributed by atoms with Gasteiger partial charge in [0.2, 0.25) is 0 Å². The van der Waals surface area contributed by atoms with E-state index in [-0.39, 0.29) is 23.7 Å². The number of carboxylic acid groups (broad SMARTS) is 1. The average Bonchev–Trinajstić information content (AvgIpc) is 2.41. The van der Waals surface area contributed by atoms with Gasteiger partial charge in [-0.3, -0.25) is 0 Å². The molecule has 1 aromatic carbocycles. The second-order valence-electron chi connectivity index (χ2n) is 4.70. The summed E-state index contributed by atoms with van der Waals surface area (Å²) in [5.74, 6) is -2.46. The van der Waals surface area contributed by atoms with E-state index in [0.29, 0.717) is 0 Å². The minimum atomic E-state index is -1.39. The number of carbonyl (C=O) groups excluding carboxylic acids is 1.